The Balaban J connectivity index is 1.62. The van der Waals surface area contributed by atoms with E-state index in [4.69, 9.17) is 9.47 Å². The highest BCUT2D eigenvalue weighted by molar-refractivity contribution is 5.63. The van der Waals surface area contributed by atoms with Crippen molar-refractivity contribution in [2.75, 3.05) is 13.2 Å². The molecule has 1 aromatic carbocycles. The molecule has 3 rings (SSSR count). The molecule has 0 fully saturated rings. The SMILES string of the molecule is CCCCCCOc1ccc(-c2cc3c(c(F)c2F)CC(OCC(F)CCCCCC)CC3)nc1F. The van der Waals surface area contributed by atoms with Crippen LogP contribution in [0.2, 0.25) is 0 Å². The van der Waals surface area contributed by atoms with Crippen LogP contribution in [0.1, 0.15) is 89.2 Å². The van der Waals surface area contributed by atoms with Crippen molar-refractivity contribution < 1.29 is 27.0 Å². The first-order valence-corrected chi connectivity index (χ1v) is 13.5. The molecule has 0 spiro atoms. The number of rotatable bonds is 15. The zero-order chi connectivity index (χ0) is 25.9. The number of ether oxygens (including phenoxy) is 2. The van der Waals surface area contributed by atoms with Crippen LogP contribution in [0.25, 0.3) is 11.3 Å². The van der Waals surface area contributed by atoms with Crippen molar-refractivity contribution in [1.82, 2.24) is 4.98 Å². The smallest absolute Gasteiger partial charge is 0.255 e. The lowest BCUT2D eigenvalue weighted by atomic mass is 9.87. The van der Waals surface area contributed by atoms with Crippen molar-refractivity contribution in [3.63, 3.8) is 0 Å². The van der Waals surface area contributed by atoms with E-state index in [9.17, 15) is 8.78 Å². The summed E-state index contributed by atoms with van der Waals surface area (Å²) in [5.74, 6) is -2.87. The van der Waals surface area contributed by atoms with Crippen molar-refractivity contribution in [3.8, 4) is 17.0 Å². The Morgan fingerprint density at radius 2 is 1.72 bits per heavy atom. The first-order chi connectivity index (χ1) is 17.4. The van der Waals surface area contributed by atoms with Gasteiger partial charge in [0.25, 0.3) is 5.95 Å². The second kappa shape index (κ2) is 14.6. The van der Waals surface area contributed by atoms with Gasteiger partial charge in [-0.25, -0.2) is 18.2 Å². The maximum absolute atomic E-state index is 15.0. The molecule has 36 heavy (non-hydrogen) atoms. The fourth-order valence-corrected chi connectivity index (χ4v) is 4.64. The van der Waals surface area contributed by atoms with E-state index < -0.39 is 23.8 Å². The third-order valence-corrected chi connectivity index (χ3v) is 6.80. The maximum atomic E-state index is 15.0. The fraction of sp³-hybridized carbons (Fsp3) is 0.621. The first-order valence-electron chi connectivity index (χ1n) is 13.5. The lowest BCUT2D eigenvalue weighted by Crippen LogP contribution is -2.27. The zero-order valence-electron chi connectivity index (χ0n) is 21.6. The summed E-state index contributed by atoms with van der Waals surface area (Å²) in [4.78, 5) is 3.84. The van der Waals surface area contributed by atoms with Crippen LogP contribution in [-0.2, 0) is 17.6 Å². The van der Waals surface area contributed by atoms with E-state index in [1.54, 1.807) is 6.07 Å². The number of benzene rings is 1. The molecule has 1 heterocycles. The van der Waals surface area contributed by atoms with Crippen LogP contribution in [0.15, 0.2) is 18.2 Å². The molecular formula is C29H39F4NO2. The third kappa shape index (κ3) is 7.92. The predicted octanol–water partition coefficient (Wildman–Crippen LogP) is 8.31. The van der Waals surface area contributed by atoms with Gasteiger partial charge in [-0.3, -0.25) is 0 Å². The number of aromatic nitrogens is 1. The lowest BCUT2D eigenvalue weighted by molar-refractivity contribution is 0.00865. The second-order valence-electron chi connectivity index (χ2n) is 9.73. The molecule has 1 aliphatic carbocycles. The van der Waals surface area contributed by atoms with Gasteiger partial charge in [-0.1, -0.05) is 58.8 Å². The van der Waals surface area contributed by atoms with Gasteiger partial charge in [-0.15, -0.1) is 0 Å². The minimum Gasteiger partial charge on any atom is -0.489 e. The highest BCUT2D eigenvalue weighted by atomic mass is 19.2. The van der Waals surface area contributed by atoms with Crippen LogP contribution < -0.4 is 4.74 Å². The Bertz CT molecular complexity index is 969. The van der Waals surface area contributed by atoms with E-state index in [-0.39, 0.29) is 41.7 Å². The van der Waals surface area contributed by atoms with Crippen LogP contribution >= 0.6 is 0 Å². The maximum Gasteiger partial charge on any atom is 0.255 e. The minimum absolute atomic E-state index is 0.00519. The Kier molecular flexibility index (Phi) is 11.5. The standard InChI is InChI=1S/C29H39F4NO2/c1-3-5-7-9-11-21(30)19-36-22-13-12-20-17-24(28(32)27(31)23(20)18-22)25-14-15-26(29(33)34-25)35-16-10-8-6-4-2/h14-15,17,21-22H,3-13,16,18-19H2,1-2H3. The highest BCUT2D eigenvalue weighted by Gasteiger charge is 2.27. The van der Waals surface area contributed by atoms with Gasteiger partial charge in [0.15, 0.2) is 17.4 Å². The van der Waals surface area contributed by atoms with Crippen molar-refractivity contribution >= 4 is 0 Å². The average molecular weight is 510 g/mol. The van der Waals surface area contributed by atoms with Crippen LogP contribution in [0, 0.1) is 17.6 Å². The summed E-state index contributed by atoms with van der Waals surface area (Å²) >= 11 is 0. The number of fused-ring (bicyclic) bond motifs is 1. The summed E-state index contributed by atoms with van der Waals surface area (Å²) in [7, 11) is 0. The number of hydrogen-bond acceptors (Lipinski definition) is 3. The van der Waals surface area contributed by atoms with E-state index in [0.29, 0.717) is 31.4 Å². The fourth-order valence-electron chi connectivity index (χ4n) is 4.64. The molecule has 2 atom stereocenters. The predicted molar refractivity (Wildman–Crippen MR) is 135 cm³/mol. The van der Waals surface area contributed by atoms with E-state index >= 15 is 8.78 Å². The quantitative estimate of drug-likeness (QED) is 0.137. The van der Waals surface area contributed by atoms with Crippen molar-refractivity contribution in [1.29, 1.82) is 0 Å². The summed E-state index contributed by atoms with van der Waals surface area (Å²) in [6.45, 7) is 4.57. The van der Waals surface area contributed by atoms with E-state index in [0.717, 1.165) is 51.4 Å². The summed E-state index contributed by atoms with van der Waals surface area (Å²) < 4.78 is 69.8. The number of unbranched alkanes of at least 4 members (excludes halogenated alkanes) is 6. The van der Waals surface area contributed by atoms with Gasteiger partial charge in [-0.2, -0.15) is 4.39 Å². The molecule has 0 saturated carbocycles. The zero-order valence-corrected chi connectivity index (χ0v) is 21.6. The average Bonchev–Trinajstić information content (AvgIpc) is 2.88. The van der Waals surface area contributed by atoms with Gasteiger partial charge in [-0.05, 0) is 55.0 Å². The number of pyridine rings is 1. The summed E-state index contributed by atoms with van der Waals surface area (Å²) in [5, 5.41) is 0. The van der Waals surface area contributed by atoms with Gasteiger partial charge >= 0.3 is 0 Å². The van der Waals surface area contributed by atoms with E-state index in [1.807, 2.05) is 0 Å². The van der Waals surface area contributed by atoms with Crippen molar-refractivity contribution in [2.24, 2.45) is 0 Å². The topological polar surface area (TPSA) is 31.4 Å². The normalized spacial score (nSPS) is 16.1. The van der Waals surface area contributed by atoms with Crippen LogP contribution in [0.4, 0.5) is 17.6 Å². The number of aryl methyl sites for hydroxylation is 1. The van der Waals surface area contributed by atoms with E-state index in [1.165, 1.54) is 12.1 Å². The molecule has 200 valence electrons. The first kappa shape index (κ1) is 28.4. The molecule has 2 aromatic rings. The Labute approximate surface area is 212 Å². The molecular weight excluding hydrogens is 470 g/mol. The number of nitrogens with zero attached hydrogens (tertiary/aromatic N) is 1. The second-order valence-corrected chi connectivity index (χ2v) is 9.73. The highest BCUT2D eigenvalue weighted by Crippen LogP contribution is 2.34. The Morgan fingerprint density at radius 1 is 0.972 bits per heavy atom. The summed E-state index contributed by atoms with van der Waals surface area (Å²) in [5.41, 5.74) is 0.846. The van der Waals surface area contributed by atoms with Gasteiger partial charge in [0.2, 0.25) is 0 Å². The molecule has 0 amide bonds. The van der Waals surface area contributed by atoms with Gasteiger partial charge in [0, 0.05) is 12.0 Å². The van der Waals surface area contributed by atoms with Crippen molar-refractivity contribution in [3.05, 3.63) is 46.9 Å². The third-order valence-electron chi connectivity index (χ3n) is 6.80. The molecule has 0 N–H and O–H groups in total. The Hall–Kier alpha value is -2.15. The minimum atomic E-state index is -1.06. The largest absolute Gasteiger partial charge is 0.489 e. The molecule has 0 bridgehead atoms. The van der Waals surface area contributed by atoms with Gasteiger partial charge in [0.05, 0.1) is 25.0 Å². The molecule has 0 radical (unpaired) electrons. The number of hydrogen-bond donors (Lipinski definition) is 0. The lowest BCUT2D eigenvalue weighted by Gasteiger charge is -2.26. The molecule has 2 unspecified atom stereocenters. The monoisotopic (exact) mass is 509 g/mol. The van der Waals surface area contributed by atoms with Crippen LogP contribution in [-0.4, -0.2) is 30.5 Å². The van der Waals surface area contributed by atoms with E-state index in [2.05, 4.69) is 18.8 Å². The molecule has 0 aliphatic heterocycles. The molecule has 1 aliphatic rings. The van der Waals surface area contributed by atoms with Crippen molar-refractivity contribution in [2.45, 2.75) is 103 Å². The number of halogens is 4. The number of alkyl halides is 1. The Morgan fingerprint density at radius 3 is 2.44 bits per heavy atom. The van der Waals surface area contributed by atoms with Crippen LogP contribution in [0.3, 0.4) is 0 Å². The molecule has 1 aromatic heterocycles. The van der Waals surface area contributed by atoms with Crippen LogP contribution in [0.5, 0.6) is 5.75 Å². The molecule has 0 saturated heterocycles. The van der Waals surface area contributed by atoms with Gasteiger partial charge < -0.3 is 9.47 Å². The van der Waals surface area contributed by atoms with Gasteiger partial charge in [0.1, 0.15) is 6.17 Å². The molecule has 7 heteroatoms. The summed E-state index contributed by atoms with van der Waals surface area (Å²) in [6.07, 6.45) is 8.35. The molecule has 3 nitrogen and oxygen atoms in total. The summed E-state index contributed by atoms with van der Waals surface area (Å²) in [6, 6.07) is 4.40.